The molecule has 0 saturated heterocycles. The molecular weight excluding hydrogens is 288 g/mol. The normalized spacial score (nSPS) is 35.7. The topological polar surface area (TPSA) is 46.5 Å². The standard InChI is InChI=1S/C20H24O3/c1-19-8-7-17(21)14-6-9-20(2,22)16(18(14)19)11-12-10-13(23-3)4-5-15(12)19/h4-5,10,16,22H,6-9,11H2,1-3H3. The quantitative estimate of drug-likeness (QED) is 0.865. The summed E-state index contributed by atoms with van der Waals surface area (Å²) in [5, 5.41) is 11.0. The third kappa shape index (κ3) is 1.96. The van der Waals surface area contributed by atoms with Gasteiger partial charge >= 0.3 is 0 Å². The van der Waals surface area contributed by atoms with Crippen LogP contribution in [0, 0.1) is 5.92 Å². The molecule has 3 atom stereocenters. The summed E-state index contributed by atoms with van der Waals surface area (Å²) in [6, 6.07) is 6.29. The predicted molar refractivity (Wildman–Crippen MR) is 88.7 cm³/mol. The number of ketones is 1. The van der Waals surface area contributed by atoms with E-state index in [0.29, 0.717) is 18.6 Å². The summed E-state index contributed by atoms with van der Waals surface area (Å²) in [7, 11) is 1.69. The van der Waals surface area contributed by atoms with Gasteiger partial charge in [-0.2, -0.15) is 0 Å². The van der Waals surface area contributed by atoms with E-state index in [-0.39, 0.29) is 11.3 Å². The van der Waals surface area contributed by atoms with Crippen molar-refractivity contribution in [1.29, 1.82) is 0 Å². The molecule has 23 heavy (non-hydrogen) atoms. The molecule has 0 bridgehead atoms. The van der Waals surface area contributed by atoms with E-state index in [0.717, 1.165) is 30.6 Å². The monoisotopic (exact) mass is 312 g/mol. The minimum Gasteiger partial charge on any atom is -0.497 e. The molecule has 3 aliphatic rings. The summed E-state index contributed by atoms with van der Waals surface area (Å²) in [5.41, 5.74) is 3.94. The lowest BCUT2D eigenvalue weighted by molar-refractivity contribution is -0.117. The Morgan fingerprint density at radius 3 is 2.74 bits per heavy atom. The van der Waals surface area contributed by atoms with Crippen LogP contribution >= 0.6 is 0 Å². The van der Waals surface area contributed by atoms with Crippen molar-refractivity contribution in [1.82, 2.24) is 0 Å². The van der Waals surface area contributed by atoms with Gasteiger partial charge in [0.15, 0.2) is 5.78 Å². The maximum absolute atomic E-state index is 12.5. The van der Waals surface area contributed by atoms with E-state index in [4.69, 9.17) is 4.74 Å². The van der Waals surface area contributed by atoms with E-state index in [2.05, 4.69) is 19.1 Å². The summed E-state index contributed by atoms with van der Waals surface area (Å²) in [4.78, 5) is 12.5. The number of benzene rings is 1. The molecule has 1 aromatic carbocycles. The van der Waals surface area contributed by atoms with E-state index in [1.807, 2.05) is 13.0 Å². The second-order valence-electron chi connectivity index (χ2n) is 7.78. The van der Waals surface area contributed by atoms with Gasteiger partial charge in [-0.05, 0) is 67.0 Å². The SMILES string of the molecule is COc1ccc2c(c1)CC1C3=C(CCC1(C)O)C(=O)CCC32C. The van der Waals surface area contributed by atoms with Crippen LogP contribution in [0.3, 0.4) is 0 Å². The van der Waals surface area contributed by atoms with Crippen LogP contribution < -0.4 is 4.74 Å². The van der Waals surface area contributed by atoms with Gasteiger partial charge in [0, 0.05) is 17.8 Å². The second kappa shape index (κ2) is 4.70. The first-order chi connectivity index (χ1) is 10.9. The van der Waals surface area contributed by atoms with Crippen LogP contribution in [0.2, 0.25) is 0 Å². The lowest BCUT2D eigenvalue weighted by atomic mass is 9.52. The van der Waals surface area contributed by atoms with Gasteiger partial charge in [-0.25, -0.2) is 0 Å². The highest BCUT2D eigenvalue weighted by molar-refractivity contribution is 5.98. The molecule has 1 aromatic rings. The fourth-order valence-electron chi connectivity index (χ4n) is 5.09. The molecule has 122 valence electrons. The predicted octanol–water partition coefficient (Wildman–Crippen LogP) is 3.33. The van der Waals surface area contributed by atoms with E-state index >= 15 is 0 Å². The summed E-state index contributed by atoms with van der Waals surface area (Å²) < 4.78 is 5.39. The molecule has 3 heteroatoms. The van der Waals surface area contributed by atoms with Gasteiger partial charge in [-0.1, -0.05) is 13.0 Å². The van der Waals surface area contributed by atoms with E-state index in [1.54, 1.807) is 7.11 Å². The number of fused-ring (bicyclic) bond motifs is 2. The van der Waals surface area contributed by atoms with Gasteiger partial charge in [-0.15, -0.1) is 0 Å². The number of allylic oxidation sites excluding steroid dienone is 1. The Bertz CT molecular complexity index is 728. The van der Waals surface area contributed by atoms with Crippen LogP contribution in [0.15, 0.2) is 29.3 Å². The van der Waals surface area contributed by atoms with Crippen LogP contribution in [0.25, 0.3) is 0 Å². The van der Waals surface area contributed by atoms with Crippen molar-refractivity contribution >= 4 is 5.78 Å². The van der Waals surface area contributed by atoms with Crippen molar-refractivity contribution in [2.75, 3.05) is 7.11 Å². The summed E-state index contributed by atoms with van der Waals surface area (Å²) in [5.74, 6) is 1.21. The van der Waals surface area contributed by atoms with Crippen LogP contribution in [-0.4, -0.2) is 23.6 Å². The Kier molecular flexibility index (Phi) is 3.05. The Labute approximate surface area is 137 Å². The Balaban J connectivity index is 1.98. The molecule has 3 nitrogen and oxygen atoms in total. The molecule has 1 N–H and O–H groups in total. The molecule has 0 amide bonds. The summed E-state index contributed by atoms with van der Waals surface area (Å²) >= 11 is 0. The number of methoxy groups -OCH3 is 1. The van der Waals surface area contributed by atoms with Crippen LogP contribution in [-0.2, 0) is 16.6 Å². The molecular formula is C20H24O3. The molecule has 0 aromatic heterocycles. The second-order valence-corrected chi connectivity index (χ2v) is 7.78. The van der Waals surface area contributed by atoms with Gasteiger partial charge in [0.25, 0.3) is 0 Å². The van der Waals surface area contributed by atoms with Crippen molar-refractivity contribution in [3.63, 3.8) is 0 Å². The third-order valence-corrected chi connectivity index (χ3v) is 6.42. The van der Waals surface area contributed by atoms with Crippen molar-refractivity contribution in [3.05, 3.63) is 40.5 Å². The zero-order chi connectivity index (χ0) is 16.4. The van der Waals surface area contributed by atoms with Crippen LogP contribution in [0.4, 0.5) is 0 Å². The Morgan fingerprint density at radius 2 is 2.00 bits per heavy atom. The fraction of sp³-hybridized carbons (Fsp3) is 0.550. The minimum absolute atomic E-state index is 0.0418. The average molecular weight is 312 g/mol. The Hall–Kier alpha value is -1.61. The molecule has 0 saturated carbocycles. The first kappa shape index (κ1) is 14.9. The highest BCUT2D eigenvalue weighted by Crippen LogP contribution is 2.57. The average Bonchev–Trinajstić information content (AvgIpc) is 2.52. The molecule has 3 aliphatic carbocycles. The number of carbonyl (C=O) groups excluding carboxylic acids is 1. The van der Waals surface area contributed by atoms with E-state index < -0.39 is 5.60 Å². The molecule has 0 radical (unpaired) electrons. The largest absolute Gasteiger partial charge is 0.497 e. The number of Topliss-reactive ketones (excluding diaryl/α,β-unsaturated/α-hetero) is 1. The molecule has 0 fully saturated rings. The zero-order valence-electron chi connectivity index (χ0n) is 14.1. The lowest BCUT2D eigenvalue weighted by Crippen LogP contribution is -2.51. The van der Waals surface area contributed by atoms with Crippen molar-refractivity contribution in [2.45, 2.75) is 57.0 Å². The Morgan fingerprint density at radius 1 is 1.22 bits per heavy atom. The number of ether oxygens (including phenoxy) is 1. The van der Waals surface area contributed by atoms with Crippen molar-refractivity contribution < 1.29 is 14.6 Å². The number of hydrogen-bond acceptors (Lipinski definition) is 3. The minimum atomic E-state index is -0.738. The van der Waals surface area contributed by atoms with Crippen LogP contribution in [0.1, 0.15) is 50.7 Å². The lowest BCUT2D eigenvalue weighted by Gasteiger charge is -2.53. The fourth-order valence-corrected chi connectivity index (χ4v) is 5.09. The van der Waals surface area contributed by atoms with Crippen LogP contribution in [0.5, 0.6) is 5.75 Å². The highest BCUT2D eigenvalue weighted by atomic mass is 16.5. The molecule has 3 unspecified atom stereocenters. The maximum atomic E-state index is 12.5. The number of hydrogen-bond donors (Lipinski definition) is 1. The van der Waals surface area contributed by atoms with E-state index in [1.165, 1.54) is 16.7 Å². The number of rotatable bonds is 1. The van der Waals surface area contributed by atoms with Gasteiger partial charge in [-0.3, -0.25) is 4.79 Å². The van der Waals surface area contributed by atoms with Gasteiger partial charge in [0.2, 0.25) is 0 Å². The summed E-state index contributed by atoms with van der Waals surface area (Å²) in [6.07, 6.45) is 3.66. The van der Waals surface area contributed by atoms with E-state index in [9.17, 15) is 9.90 Å². The molecule has 0 spiro atoms. The molecule has 0 aliphatic heterocycles. The summed E-state index contributed by atoms with van der Waals surface area (Å²) in [6.45, 7) is 4.19. The first-order valence-electron chi connectivity index (χ1n) is 8.53. The van der Waals surface area contributed by atoms with Crippen molar-refractivity contribution in [3.8, 4) is 5.75 Å². The highest BCUT2D eigenvalue weighted by Gasteiger charge is 2.53. The zero-order valence-corrected chi connectivity index (χ0v) is 14.1. The smallest absolute Gasteiger partial charge is 0.158 e. The number of carbonyl (C=O) groups is 1. The first-order valence-corrected chi connectivity index (χ1v) is 8.53. The number of aliphatic hydroxyl groups is 1. The van der Waals surface area contributed by atoms with Crippen molar-refractivity contribution in [2.24, 2.45) is 5.92 Å². The van der Waals surface area contributed by atoms with Gasteiger partial charge in [0.05, 0.1) is 12.7 Å². The third-order valence-electron chi connectivity index (χ3n) is 6.42. The molecule has 0 heterocycles. The van der Waals surface area contributed by atoms with Gasteiger partial charge in [0.1, 0.15) is 5.75 Å². The maximum Gasteiger partial charge on any atom is 0.158 e. The molecule has 4 rings (SSSR count). The van der Waals surface area contributed by atoms with Gasteiger partial charge < -0.3 is 9.84 Å².